The molecule has 4 heterocycles. The van der Waals surface area contributed by atoms with Crippen molar-refractivity contribution in [3.8, 4) is 22.8 Å². The van der Waals surface area contributed by atoms with Crippen LogP contribution in [-0.2, 0) is 36.7 Å². The van der Waals surface area contributed by atoms with Crippen molar-refractivity contribution in [2.24, 2.45) is 0 Å². The Balaban J connectivity index is 0.000000235. The number of carboxylic acid groups (broad SMARTS) is 2. The van der Waals surface area contributed by atoms with Gasteiger partial charge in [-0.1, -0.05) is 46.7 Å². The maximum Gasteiger partial charge on any atom is 0.490 e. The Labute approximate surface area is 475 Å². The minimum absolute atomic E-state index is 0.00159. The maximum atomic E-state index is 14.4. The highest BCUT2D eigenvalue weighted by Crippen LogP contribution is 2.34. The maximum absolute atomic E-state index is 14.4. The lowest BCUT2D eigenvalue weighted by atomic mass is 10.0. The predicted octanol–water partition coefficient (Wildman–Crippen LogP) is 11.2. The Bertz CT molecular complexity index is 3160. The number of halogens is 9. The lowest BCUT2D eigenvalue weighted by molar-refractivity contribution is -0.192. The molecule has 8 rings (SSSR count). The second-order valence-electron chi connectivity index (χ2n) is 21.0. The molecule has 2 aliphatic heterocycles. The summed E-state index contributed by atoms with van der Waals surface area (Å²) in [4.78, 5) is 67.4. The third kappa shape index (κ3) is 22.0. The highest BCUT2D eigenvalue weighted by Gasteiger charge is 2.39. The number of likely N-dealkylation sites (tertiary alicyclic amines) is 1. The summed E-state index contributed by atoms with van der Waals surface area (Å²) in [7, 11) is 0. The Morgan fingerprint density at radius 1 is 0.643 bits per heavy atom. The fraction of sp³-hybridized carbons (Fsp3) is 0.411. The molecular formula is C56H61F9N8O11. The van der Waals surface area contributed by atoms with Gasteiger partial charge in [0.1, 0.15) is 52.1 Å². The van der Waals surface area contributed by atoms with Crippen LogP contribution in [0.5, 0.6) is 0 Å². The van der Waals surface area contributed by atoms with Crippen molar-refractivity contribution >= 4 is 30.0 Å². The van der Waals surface area contributed by atoms with Crippen LogP contribution in [0, 0.1) is 34.9 Å². The van der Waals surface area contributed by atoms with Crippen LogP contribution in [0.3, 0.4) is 0 Å². The molecule has 2 aromatic heterocycles. The van der Waals surface area contributed by atoms with E-state index in [0.29, 0.717) is 36.4 Å². The molecule has 6 aromatic rings. The van der Waals surface area contributed by atoms with Crippen molar-refractivity contribution in [2.75, 3.05) is 13.1 Å². The van der Waals surface area contributed by atoms with Gasteiger partial charge in [0.25, 0.3) is 0 Å². The van der Waals surface area contributed by atoms with E-state index in [1.807, 2.05) is 0 Å². The Kier molecular flexibility index (Phi) is 23.4. The summed E-state index contributed by atoms with van der Waals surface area (Å²) in [5.41, 5.74) is -0.351. The Morgan fingerprint density at radius 3 is 1.48 bits per heavy atom. The van der Waals surface area contributed by atoms with Crippen LogP contribution < -0.4 is 16.0 Å². The first kappa shape index (κ1) is 66.2. The van der Waals surface area contributed by atoms with Crippen molar-refractivity contribution < 1.29 is 92.2 Å². The van der Waals surface area contributed by atoms with E-state index >= 15 is 0 Å². The van der Waals surface area contributed by atoms with Gasteiger partial charge in [0.15, 0.2) is 0 Å². The molecule has 0 bridgehead atoms. The topological polar surface area (TPSA) is 261 Å². The fourth-order valence-electron chi connectivity index (χ4n) is 8.26. The number of alkyl halides is 3. The average Bonchev–Trinajstić information content (AvgIpc) is 4.44. The molecule has 0 radical (unpaired) electrons. The highest BCUT2D eigenvalue weighted by atomic mass is 19.4. The third-order valence-corrected chi connectivity index (χ3v) is 11.7. The van der Waals surface area contributed by atoms with Crippen molar-refractivity contribution in [1.82, 2.24) is 41.1 Å². The Morgan fingerprint density at radius 2 is 1.07 bits per heavy atom. The van der Waals surface area contributed by atoms with E-state index in [1.54, 1.807) is 82.8 Å². The molecule has 3 amide bonds. The smallest absolute Gasteiger partial charge is 0.481 e. The SMILES string of the molecule is CC(C)(C)OC(=O)N[C@@H](CC(=O)N1CCC[C@H]1c1nc(-c2cc(F)cc(F)c2)no1)Cc1ccccc1F.CC(C)(C)OC(=O)N[C@@H](CC(=O)O)Cc1ccccc1F.Fc1cc(F)cc(-c2noc([C@@H]3CCCN3)n2)c1.O=C(O)C(F)(F)F. The summed E-state index contributed by atoms with van der Waals surface area (Å²) in [5, 5.41) is 32.0. The third-order valence-electron chi connectivity index (χ3n) is 11.7. The largest absolute Gasteiger partial charge is 0.490 e. The van der Waals surface area contributed by atoms with E-state index < -0.39 is 94.5 Å². The molecule has 5 N–H and O–H groups in total. The van der Waals surface area contributed by atoms with Crippen LogP contribution in [0.15, 0.2) is 94.0 Å². The predicted molar refractivity (Wildman–Crippen MR) is 280 cm³/mol. The van der Waals surface area contributed by atoms with Crippen LogP contribution in [0.4, 0.5) is 49.1 Å². The molecule has 0 unspecified atom stereocenters. The highest BCUT2D eigenvalue weighted by molar-refractivity contribution is 5.79. The molecule has 28 heteroatoms. The number of ether oxygens (including phenoxy) is 2. The first-order valence-corrected chi connectivity index (χ1v) is 25.9. The molecule has 2 aliphatic rings. The van der Waals surface area contributed by atoms with Gasteiger partial charge < -0.3 is 49.6 Å². The molecule has 4 atom stereocenters. The molecule has 84 heavy (non-hydrogen) atoms. The number of aliphatic carboxylic acids is 2. The molecule has 0 saturated carbocycles. The number of alkyl carbamates (subject to hydrolysis) is 2. The molecule has 19 nitrogen and oxygen atoms in total. The molecule has 2 fully saturated rings. The first-order valence-electron chi connectivity index (χ1n) is 25.9. The Hall–Kier alpha value is -8.56. The summed E-state index contributed by atoms with van der Waals surface area (Å²) in [5.74, 6) is -7.06. The molecular weight excluding hydrogens is 1130 g/mol. The number of carbonyl (C=O) groups excluding carboxylic acids is 3. The monoisotopic (exact) mass is 1190 g/mol. The van der Waals surface area contributed by atoms with E-state index in [0.717, 1.165) is 43.7 Å². The second-order valence-corrected chi connectivity index (χ2v) is 21.0. The minimum atomic E-state index is -5.08. The van der Waals surface area contributed by atoms with E-state index in [1.165, 1.54) is 24.3 Å². The zero-order chi connectivity index (χ0) is 62.1. The first-order chi connectivity index (χ1) is 39.3. The number of amides is 3. The summed E-state index contributed by atoms with van der Waals surface area (Å²) >= 11 is 0. The molecule has 454 valence electrons. The van der Waals surface area contributed by atoms with E-state index in [9.17, 15) is 58.7 Å². The van der Waals surface area contributed by atoms with Gasteiger partial charge in [0.2, 0.25) is 29.3 Å². The van der Waals surface area contributed by atoms with Gasteiger partial charge in [-0.3, -0.25) is 9.59 Å². The number of hydrogen-bond acceptors (Lipinski definition) is 14. The lowest BCUT2D eigenvalue weighted by Gasteiger charge is -2.27. The minimum Gasteiger partial charge on any atom is -0.481 e. The zero-order valence-corrected chi connectivity index (χ0v) is 46.2. The van der Waals surface area contributed by atoms with Crippen LogP contribution in [0.1, 0.15) is 115 Å². The summed E-state index contributed by atoms with van der Waals surface area (Å²) < 4.78 is 134. The van der Waals surface area contributed by atoms with E-state index in [4.69, 9.17) is 33.5 Å². The molecule has 0 spiro atoms. The number of nitrogens with zero attached hydrogens (tertiary/aromatic N) is 5. The normalized spacial score (nSPS) is 15.6. The van der Waals surface area contributed by atoms with E-state index in [2.05, 4.69) is 36.2 Å². The van der Waals surface area contributed by atoms with Crippen molar-refractivity contribution in [1.29, 1.82) is 0 Å². The van der Waals surface area contributed by atoms with Crippen molar-refractivity contribution in [3.63, 3.8) is 0 Å². The van der Waals surface area contributed by atoms with Crippen LogP contribution in [-0.4, -0.2) is 108 Å². The number of nitrogens with one attached hydrogen (secondary N) is 3. The van der Waals surface area contributed by atoms with Crippen LogP contribution in [0.25, 0.3) is 22.8 Å². The van der Waals surface area contributed by atoms with Gasteiger partial charge >= 0.3 is 30.3 Å². The fourth-order valence-corrected chi connectivity index (χ4v) is 8.26. The van der Waals surface area contributed by atoms with Crippen LogP contribution >= 0.6 is 0 Å². The number of hydrogen-bond donors (Lipinski definition) is 5. The number of carbonyl (C=O) groups is 5. The summed E-state index contributed by atoms with van der Waals surface area (Å²) in [6, 6.07) is 16.3. The van der Waals surface area contributed by atoms with Gasteiger partial charge in [0.05, 0.1) is 12.5 Å². The number of benzene rings is 4. The molecule has 4 aromatic carbocycles. The lowest BCUT2D eigenvalue weighted by Crippen LogP contribution is -2.44. The average molecular weight is 1190 g/mol. The summed E-state index contributed by atoms with van der Waals surface area (Å²) in [6.45, 7) is 11.6. The molecule has 2 saturated heterocycles. The van der Waals surface area contributed by atoms with E-state index in [-0.39, 0.29) is 66.3 Å². The van der Waals surface area contributed by atoms with Crippen molar-refractivity contribution in [3.05, 3.63) is 143 Å². The molecule has 0 aliphatic carbocycles. The second kappa shape index (κ2) is 29.6. The van der Waals surface area contributed by atoms with Gasteiger partial charge in [0, 0.05) is 48.3 Å². The number of carboxylic acids is 2. The number of rotatable bonds is 14. The standard InChI is InChI=1S/C27H29F3N4O4.C15H20FNO4.C12H11F2N3O.C2HF3O2/c1-27(2,3)37-26(36)31-20(13-16-7-4-5-8-21(16)30)15-23(35)34-10-6-9-22(34)25-32-24(33-38-25)17-11-18(28)14-19(29)12-17;1-15(2,3)21-14(20)17-11(9-13(18)19)8-10-6-4-5-7-12(10)16;13-8-4-7(5-9(14)6-8)11-16-12(18-17-11)10-2-1-3-15-10;3-2(4,5)1(6)7/h4-5,7-8,11-12,14,20,22H,6,9-10,13,15H2,1-3H3,(H,31,36);4-7,11H,8-9H2,1-3H3,(H,17,20)(H,18,19);4-6,10,15H,1-3H2;(H,6,7)/t20-,22+;11-;10-;/m110./s1. The van der Waals surface area contributed by atoms with Gasteiger partial charge in [-0.05, 0) is 134 Å². The van der Waals surface area contributed by atoms with Crippen LogP contribution in [0.2, 0.25) is 0 Å². The quantitative estimate of drug-likeness (QED) is 0.0635. The van der Waals surface area contributed by atoms with Gasteiger partial charge in [-0.2, -0.15) is 23.1 Å². The zero-order valence-electron chi connectivity index (χ0n) is 46.2. The number of aromatic nitrogens is 4. The van der Waals surface area contributed by atoms with Gasteiger partial charge in [-0.25, -0.2) is 40.7 Å². The summed E-state index contributed by atoms with van der Waals surface area (Å²) in [6.07, 6.45) is -3.60. The van der Waals surface area contributed by atoms with Gasteiger partial charge in [-0.15, -0.1) is 0 Å². The van der Waals surface area contributed by atoms with Crippen molar-refractivity contribution in [2.45, 2.75) is 134 Å².